The summed E-state index contributed by atoms with van der Waals surface area (Å²) in [6.45, 7) is 1.41. The Hall–Kier alpha value is -1.10. The van der Waals surface area contributed by atoms with Crippen LogP contribution >= 0.6 is 0 Å². The van der Waals surface area contributed by atoms with Crippen molar-refractivity contribution in [2.24, 2.45) is 17.6 Å². The van der Waals surface area contributed by atoms with Gasteiger partial charge >= 0.3 is 0 Å². The Labute approximate surface area is 113 Å². The Bertz CT molecular complexity index is 385. The van der Waals surface area contributed by atoms with Crippen LogP contribution in [0.2, 0.25) is 0 Å². The van der Waals surface area contributed by atoms with Crippen molar-refractivity contribution in [2.75, 3.05) is 13.1 Å². The van der Waals surface area contributed by atoms with Crippen molar-refractivity contribution in [3.05, 3.63) is 0 Å². The molecule has 5 nitrogen and oxygen atoms in total. The molecule has 0 aromatic heterocycles. The second-order valence-electron chi connectivity index (χ2n) is 6.15. The number of nitrogens with zero attached hydrogens (tertiary/aromatic N) is 1. The number of carbonyl (C=O) groups is 2. The number of rotatable bonds is 1. The fraction of sp³-hybridized carbons (Fsp3) is 0.857. The molecule has 5 heteroatoms. The molecule has 2 saturated heterocycles. The van der Waals surface area contributed by atoms with Gasteiger partial charge in [-0.2, -0.15) is 0 Å². The maximum absolute atomic E-state index is 12.7. The normalized spacial score (nSPS) is 38.8. The van der Waals surface area contributed by atoms with Gasteiger partial charge in [-0.25, -0.2) is 0 Å². The predicted octanol–water partition coefficient (Wildman–Crippen LogP) is 0.241. The van der Waals surface area contributed by atoms with E-state index in [0.29, 0.717) is 6.54 Å². The summed E-state index contributed by atoms with van der Waals surface area (Å²) in [5.74, 6) is 0.301. The maximum Gasteiger partial charge on any atom is 0.227 e. The van der Waals surface area contributed by atoms with Crippen molar-refractivity contribution >= 4 is 11.8 Å². The first-order valence-corrected chi connectivity index (χ1v) is 7.52. The van der Waals surface area contributed by atoms with E-state index in [-0.39, 0.29) is 35.7 Å². The van der Waals surface area contributed by atoms with Crippen LogP contribution in [0.25, 0.3) is 0 Å². The molecular weight excluding hydrogens is 242 g/mol. The van der Waals surface area contributed by atoms with Crippen LogP contribution in [-0.2, 0) is 9.59 Å². The highest BCUT2D eigenvalue weighted by Crippen LogP contribution is 2.31. The van der Waals surface area contributed by atoms with Crippen LogP contribution in [0.5, 0.6) is 0 Å². The molecule has 1 aliphatic carbocycles. The fourth-order valence-electron chi connectivity index (χ4n) is 3.90. The monoisotopic (exact) mass is 265 g/mol. The molecule has 3 fully saturated rings. The molecule has 0 aromatic carbocycles. The quantitative estimate of drug-likeness (QED) is 0.713. The van der Waals surface area contributed by atoms with Crippen molar-refractivity contribution in [1.29, 1.82) is 0 Å². The van der Waals surface area contributed by atoms with Gasteiger partial charge in [-0.05, 0) is 25.7 Å². The number of likely N-dealkylation sites (tertiary alicyclic amines) is 1. The molecule has 4 unspecified atom stereocenters. The summed E-state index contributed by atoms with van der Waals surface area (Å²) in [6.07, 6.45) is 5.95. The molecule has 2 heterocycles. The third-order valence-electron chi connectivity index (χ3n) is 5.02. The smallest absolute Gasteiger partial charge is 0.227 e. The van der Waals surface area contributed by atoms with Crippen molar-refractivity contribution < 1.29 is 9.59 Å². The van der Waals surface area contributed by atoms with Crippen molar-refractivity contribution in [3.63, 3.8) is 0 Å². The van der Waals surface area contributed by atoms with Crippen molar-refractivity contribution in [1.82, 2.24) is 10.2 Å². The van der Waals surface area contributed by atoms with Gasteiger partial charge in [0.15, 0.2) is 0 Å². The number of nitrogens with one attached hydrogen (secondary N) is 1. The van der Waals surface area contributed by atoms with E-state index < -0.39 is 0 Å². The van der Waals surface area contributed by atoms with Crippen LogP contribution in [0.1, 0.15) is 38.5 Å². The molecule has 3 aliphatic rings. The van der Waals surface area contributed by atoms with Crippen LogP contribution in [0.4, 0.5) is 0 Å². The average molecular weight is 265 g/mol. The number of carbonyl (C=O) groups excluding carboxylic acids is 2. The van der Waals surface area contributed by atoms with Crippen LogP contribution in [0, 0.1) is 11.8 Å². The van der Waals surface area contributed by atoms with Crippen LogP contribution in [0.15, 0.2) is 0 Å². The topological polar surface area (TPSA) is 75.4 Å². The van der Waals surface area contributed by atoms with E-state index in [1.54, 1.807) is 0 Å². The standard InChI is InChI=1S/C14H23N3O2/c15-11-6-2-1-4-9(11)14(19)17-7-3-5-10-12(17)8-16-13(10)18/h9-12H,1-8,15H2,(H,16,18). The third-order valence-corrected chi connectivity index (χ3v) is 5.02. The van der Waals surface area contributed by atoms with E-state index >= 15 is 0 Å². The van der Waals surface area contributed by atoms with E-state index in [1.165, 1.54) is 0 Å². The zero-order chi connectivity index (χ0) is 13.4. The lowest BCUT2D eigenvalue weighted by Crippen LogP contribution is -2.54. The summed E-state index contributed by atoms with van der Waals surface area (Å²) in [7, 11) is 0. The molecule has 4 atom stereocenters. The lowest BCUT2D eigenvalue weighted by atomic mass is 9.82. The van der Waals surface area contributed by atoms with E-state index in [1.807, 2.05) is 4.90 Å². The number of hydrogen-bond acceptors (Lipinski definition) is 3. The SMILES string of the molecule is NC1CCCCC1C(=O)N1CCCC2C(=O)NCC21. The second-order valence-corrected chi connectivity index (χ2v) is 6.15. The zero-order valence-electron chi connectivity index (χ0n) is 11.3. The van der Waals surface area contributed by atoms with Crippen LogP contribution in [-0.4, -0.2) is 41.9 Å². The van der Waals surface area contributed by atoms with Gasteiger partial charge in [0, 0.05) is 19.1 Å². The Morgan fingerprint density at radius 1 is 1.21 bits per heavy atom. The van der Waals surface area contributed by atoms with Gasteiger partial charge in [-0.1, -0.05) is 12.8 Å². The molecule has 2 aliphatic heterocycles. The summed E-state index contributed by atoms with van der Waals surface area (Å²) in [6, 6.07) is 0.0783. The zero-order valence-corrected chi connectivity index (χ0v) is 11.3. The minimum absolute atomic E-state index is 0.00619. The van der Waals surface area contributed by atoms with E-state index in [4.69, 9.17) is 5.73 Å². The maximum atomic E-state index is 12.7. The van der Waals surface area contributed by atoms with E-state index in [2.05, 4.69) is 5.32 Å². The van der Waals surface area contributed by atoms with Crippen LogP contribution < -0.4 is 11.1 Å². The third kappa shape index (κ3) is 2.24. The molecule has 0 aromatic rings. The Morgan fingerprint density at radius 2 is 2.00 bits per heavy atom. The van der Waals surface area contributed by atoms with Gasteiger partial charge < -0.3 is 16.0 Å². The Balaban J connectivity index is 1.73. The van der Waals surface area contributed by atoms with Gasteiger partial charge in [-0.3, -0.25) is 9.59 Å². The minimum atomic E-state index is -0.0248. The molecule has 2 amide bonds. The minimum Gasteiger partial charge on any atom is -0.354 e. The summed E-state index contributed by atoms with van der Waals surface area (Å²) in [5, 5.41) is 2.90. The lowest BCUT2D eigenvalue weighted by Gasteiger charge is -2.40. The summed E-state index contributed by atoms with van der Waals surface area (Å²) in [4.78, 5) is 26.4. The number of piperidine rings is 1. The number of amides is 2. The number of nitrogens with two attached hydrogens (primary N) is 1. The van der Waals surface area contributed by atoms with Gasteiger partial charge in [0.05, 0.1) is 17.9 Å². The molecule has 1 saturated carbocycles. The molecule has 0 spiro atoms. The number of fused-ring (bicyclic) bond motifs is 1. The molecule has 0 radical (unpaired) electrons. The second kappa shape index (κ2) is 5.12. The highest BCUT2D eigenvalue weighted by atomic mass is 16.2. The number of hydrogen-bond donors (Lipinski definition) is 2. The van der Waals surface area contributed by atoms with Gasteiger partial charge in [-0.15, -0.1) is 0 Å². The van der Waals surface area contributed by atoms with E-state index in [9.17, 15) is 9.59 Å². The molecular formula is C14H23N3O2. The average Bonchev–Trinajstić information content (AvgIpc) is 2.80. The fourth-order valence-corrected chi connectivity index (χ4v) is 3.90. The summed E-state index contributed by atoms with van der Waals surface area (Å²) >= 11 is 0. The summed E-state index contributed by atoms with van der Waals surface area (Å²) < 4.78 is 0. The molecule has 0 bridgehead atoms. The molecule has 3 rings (SSSR count). The first-order valence-electron chi connectivity index (χ1n) is 7.52. The van der Waals surface area contributed by atoms with E-state index in [0.717, 1.165) is 45.1 Å². The van der Waals surface area contributed by atoms with Gasteiger partial charge in [0.2, 0.25) is 11.8 Å². The van der Waals surface area contributed by atoms with Gasteiger partial charge in [0.1, 0.15) is 0 Å². The lowest BCUT2D eigenvalue weighted by molar-refractivity contribution is -0.142. The highest BCUT2D eigenvalue weighted by Gasteiger charge is 2.44. The predicted molar refractivity (Wildman–Crippen MR) is 71.2 cm³/mol. The Kier molecular flexibility index (Phi) is 3.48. The molecule has 3 N–H and O–H groups in total. The summed E-state index contributed by atoms with van der Waals surface area (Å²) in [5.41, 5.74) is 6.12. The van der Waals surface area contributed by atoms with Gasteiger partial charge in [0.25, 0.3) is 0 Å². The Morgan fingerprint density at radius 3 is 2.79 bits per heavy atom. The largest absolute Gasteiger partial charge is 0.354 e. The van der Waals surface area contributed by atoms with Crippen molar-refractivity contribution in [3.8, 4) is 0 Å². The molecule has 19 heavy (non-hydrogen) atoms. The first kappa shape index (κ1) is 12.9. The van der Waals surface area contributed by atoms with Crippen LogP contribution in [0.3, 0.4) is 0 Å². The molecule has 106 valence electrons. The highest BCUT2D eigenvalue weighted by molar-refractivity contribution is 5.85. The van der Waals surface area contributed by atoms with Crippen molar-refractivity contribution in [2.45, 2.75) is 50.6 Å². The first-order chi connectivity index (χ1) is 9.18.